The zero-order valence-electron chi connectivity index (χ0n) is 7.46. The first-order valence-corrected chi connectivity index (χ1v) is 4.64. The van der Waals surface area contributed by atoms with Crippen molar-refractivity contribution in [2.45, 2.75) is 19.4 Å². The van der Waals surface area contributed by atoms with Crippen molar-refractivity contribution < 1.29 is 0 Å². The maximum atomic E-state index is 3.52. The fourth-order valence-electron chi connectivity index (χ4n) is 1.85. The Morgan fingerprint density at radius 1 is 1.25 bits per heavy atom. The van der Waals surface area contributed by atoms with Crippen LogP contribution in [0.4, 0.5) is 0 Å². The van der Waals surface area contributed by atoms with Crippen LogP contribution in [0.2, 0.25) is 0 Å². The van der Waals surface area contributed by atoms with E-state index in [-0.39, 0.29) is 0 Å². The average molecular weight is 161 g/mol. The summed E-state index contributed by atoms with van der Waals surface area (Å²) >= 11 is 0. The lowest BCUT2D eigenvalue weighted by atomic mass is 10.0. The van der Waals surface area contributed by atoms with Crippen molar-refractivity contribution in [1.82, 2.24) is 5.32 Å². The zero-order valence-corrected chi connectivity index (χ0v) is 7.46. The van der Waals surface area contributed by atoms with Gasteiger partial charge in [0.1, 0.15) is 0 Å². The smallest absolute Gasteiger partial charge is 0.0323 e. The Balaban J connectivity index is 2.11. The summed E-state index contributed by atoms with van der Waals surface area (Å²) in [5.41, 5.74) is 1.43. The topological polar surface area (TPSA) is 12.0 Å². The lowest BCUT2D eigenvalue weighted by Crippen LogP contribution is -2.12. The Morgan fingerprint density at radius 3 is 2.58 bits per heavy atom. The molecular weight excluding hydrogens is 146 g/mol. The van der Waals surface area contributed by atoms with Gasteiger partial charge >= 0.3 is 0 Å². The van der Waals surface area contributed by atoms with Gasteiger partial charge in [-0.05, 0) is 24.4 Å². The Hall–Kier alpha value is -0.820. The minimum atomic E-state index is 0.598. The van der Waals surface area contributed by atoms with Gasteiger partial charge in [-0.2, -0.15) is 0 Å². The van der Waals surface area contributed by atoms with E-state index in [1.807, 2.05) is 0 Å². The van der Waals surface area contributed by atoms with Gasteiger partial charge in [-0.25, -0.2) is 0 Å². The molecule has 0 amide bonds. The summed E-state index contributed by atoms with van der Waals surface area (Å²) in [6.45, 7) is 3.47. The van der Waals surface area contributed by atoms with Crippen molar-refractivity contribution in [1.29, 1.82) is 0 Å². The second-order valence-electron chi connectivity index (χ2n) is 3.71. The first kappa shape index (κ1) is 7.81. The summed E-state index contributed by atoms with van der Waals surface area (Å²) in [4.78, 5) is 0. The summed E-state index contributed by atoms with van der Waals surface area (Å²) in [7, 11) is 0. The van der Waals surface area contributed by atoms with Gasteiger partial charge in [-0.15, -0.1) is 0 Å². The Labute approximate surface area is 73.8 Å². The van der Waals surface area contributed by atoms with Crippen molar-refractivity contribution in [2.24, 2.45) is 5.92 Å². The Bertz CT molecular complexity index is 242. The highest BCUT2D eigenvalue weighted by Crippen LogP contribution is 2.25. The maximum absolute atomic E-state index is 3.52. The van der Waals surface area contributed by atoms with Crippen LogP contribution in [0.3, 0.4) is 0 Å². The molecule has 0 radical (unpaired) electrons. The Morgan fingerprint density at radius 2 is 2.00 bits per heavy atom. The maximum Gasteiger partial charge on any atom is 0.0323 e. The Kier molecular flexibility index (Phi) is 2.13. The van der Waals surface area contributed by atoms with E-state index in [0.717, 1.165) is 5.92 Å². The molecule has 2 atom stereocenters. The van der Waals surface area contributed by atoms with Crippen molar-refractivity contribution in [3.05, 3.63) is 35.9 Å². The average Bonchev–Trinajstić information content (AvgIpc) is 2.54. The summed E-state index contributed by atoms with van der Waals surface area (Å²) < 4.78 is 0. The van der Waals surface area contributed by atoms with E-state index in [2.05, 4.69) is 42.6 Å². The van der Waals surface area contributed by atoms with Crippen LogP contribution in [0, 0.1) is 5.92 Å². The molecule has 0 unspecified atom stereocenters. The van der Waals surface area contributed by atoms with Crippen molar-refractivity contribution in [3.8, 4) is 0 Å². The third-order valence-corrected chi connectivity index (χ3v) is 2.55. The van der Waals surface area contributed by atoms with Crippen molar-refractivity contribution in [2.75, 3.05) is 6.54 Å². The molecule has 1 heterocycles. The molecular formula is C11H15N. The van der Waals surface area contributed by atoms with Gasteiger partial charge in [0.25, 0.3) is 0 Å². The molecule has 64 valence electrons. The quantitative estimate of drug-likeness (QED) is 0.666. The predicted molar refractivity (Wildman–Crippen MR) is 51.0 cm³/mol. The van der Waals surface area contributed by atoms with Crippen molar-refractivity contribution >= 4 is 0 Å². The highest BCUT2D eigenvalue weighted by atomic mass is 14.9. The number of rotatable bonds is 1. The highest BCUT2D eigenvalue weighted by Gasteiger charge is 2.21. The molecule has 0 bridgehead atoms. The lowest BCUT2D eigenvalue weighted by Gasteiger charge is -2.09. The van der Waals surface area contributed by atoms with Gasteiger partial charge < -0.3 is 5.32 Å². The molecule has 1 N–H and O–H groups in total. The second-order valence-corrected chi connectivity index (χ2v) is 3.71. The van der Waals surface area contributed by atoms with Gasteiger partial charge in [0.15, 0.2) is 0 Å². The zero-order chi connectivity index (χ0) is 8.39. The normalized spacial score (nSPS) is 29.1. The second kappa shape index (κ2) is 3.28. The molecule has 0 aromatic heterocycles. The summed E-state index contributed by atoms with van der Waals surface area (Å²) in [5, 5.41) is 3.52. The first-order valence-electron chi connectivity index (χ1n) is 4.64. The summed E-state index contributed by atoms with van der Waals surface area (Å²) in [5.74, 6) is 0.829. The molecule has 0 aliphatic carbocycles. The van der Waals surface area contributed by atoms with Crippen LogP contribution in [-0.4, -0.2) is 6.54 Å². The van der Waals surface area contributed by atoms with E-state index in [1.165, 1.54) is 18.5 Å². The monoisotopic (exact) mass is 161 g/mol. The van der Waals surface area contributed by atoms with E-state index < -0.39 is 0 Å². The number of benzene rings is 1. The molecule has 0 saturated carbocycles. The third-order valence-electron chi connectivity index (χ3n) is 2.55. The lowest BCUT2D eigenvalue weighted by molar-refractivity contribution is 0.612. The van der Waals surface area contributed by atoms with E-state index in [9.17, 15) is 0 Å². The van der Waals surface area contributed by atoms with Crippen molar-refractivity contribution in [3.63, 3.8) is 0 Å². The van der Waals surface area contributed by atoms with E-state index in [1.54, 1.807) is 0 Å². The molecule has 1 nitrogen and oxygen atoms in total. The predicted octanol–water partition coefficient (Wildman–Crippen LogP) is 2.36. The fourth-order valence-corrected chi connectivity index (χ4v) is 1.85. The molecule has 1 heteroatoms. The van der Waals surface area contributed by atoms with E-state index in [4.69, 9.17) is 0 Å². The molecule has 1 aliphatic heterocycles. The van der Waals surface area contributed by atoms with Crippen LogP contribution in [-0.2, 0) is 0 Å². The van der Waals surface area contributed by atoms with Gasteiger partial charge in [0, 0.05) is 6.04 Å². The molecule has 1 fully saturated rings. The minimum absolute atomic E-state index is 0.598. The first-order chi connectivity index (χ1) is 5.86. The van der Waals surface area contributed by atoms with Crippen LogP contribution >= 0.6 is 0 Å². The van der Waals surface area contributed by atoms with Gasteiger partial charge in [-0.1, -0.05) is 37.3 Å². The van der Waals surface area contributed by atoms with Crippen LogP contribution in [0.15, 0.2) is 30.3 Å². The molecule has 1 aliphatic rings. The molecule has 1 aromatic rings. The number of nitrogens with one attached hydrogen (secondary N) is 1. The molecule has 2 rings (SSSR count). The highest BCUT2D eigenvalue weighted by molar-refractivity contribution is 5.19. The number of hydrogen-bond acceptors (Lipinski definition) is 1. The molecule has 1 saturated heterocycles. The molecule has 1 aromatic carbocycles. The van der Waals surface area contributed by atoms with Gasteiger partial charge in [-0.3, -0.25) is 0 Å². The van der Waals surface area contributed by atoms with Crippen LogP contribution < -0.4 is 5.32 Å². The summed E-state index contributed by atoms with van der Waals surface area (Å²) in [6.07, 6.45) is 1.28. The van der Waals surface area contributed by atoms with Crippen LogP contribution in [0.25, 0.3) is 0 Å². The van der Waals surface area contributed by atoms with Crippen LogP contribution in [0.5, 0.6) is 0 Å². The van der Waals surface area contributed by atoms with Gasteiger partial charge in [0.2, 0.25) is 0 Å². The SMILES string of the molecule is C[C@H]1CN[C@@H](c2ccccc2)C1. The van der Waals surface area contributed by atoms with Gasteiger partial charge in [0.05, 0.1) is 0 Å². The largest absolute Gasteiger partial charge is 0.310 e. The number of hydrogen-bond donors (Lipinski definition) is 1. The molecule has 0 spiro atoms. The van der Waals surface area contributed by atoms with Crippen LogP contribution in [0.1, 0.15) is 24.9 Å². The fraction of sp³-hybridized carbons (Fsp3) is 0.455. The molecule has 12 heavy (non-hydrogen) atoms. The summed E-state index contributed by atoms with van der Waals surface area (Å²) in [6, 6.07) is 11.3. The van der Waals surface area contributed by atoms with E-state index in [0.29, 0.717) is 6.04 Å². The standard InChI is InChI=1S/C11H15N/c1-9-7-11(12-8-9)10-5-3-2-4-6-10/h2-6,9,11-12H,7-8H2,1H3/t9-,11-/m1/s1. The minimum Gasteiger partial charge on any atom is -0.310 e. The third kappa shape index (κ3) is 1.51. The van der Waals surface area contributed by atoms with E-state index >= 15 is 0 Å².